The molecule has 0 atom stereocenters. The maximum atomic E-state index is 4.91. The molecular formula is C7H9NO. The Morgan fingerprint density at radius 1 is 1.78 bits per heavy atom. The Bertz CT molecular complexity index is 141. The zero-order valence-corrected chi connectivity index (χ0v) is 5.21. The van der Waals surface area contributed by atoms with Crippen molar-refractivity contribution in [3.8, 4) is 12.3 Å². The second kappa shape index (κ2) is 3.13. The molecule has 0 spiro atoms. The van der Waals surface area contributed by atoms with Crippen molar-refractivity contribution in [2.24, 2.45) is 11.1 Å². The largest absolute Gasteiger partial charge is 0.383 e. The molecule has 0 aromatic rings. The van der Waals surface area contributed by atoms with Gasteiger partial charge in [-0.15, -0.1) is 6.42 Å². The second-order valence-electron chi connectivity index (χ2n) is 2.07. The van der Waals surface area contributed by atoms with Gasteiger partial charge in [0.25, 0.3) is 0 Å². The fourth-order valence-corrected chi connectivity index (χ4v) is 0.449. The molecule has 0 heterocycles. The first-order valence-corrected chi connectivity index (χ1v) is 3.02. The zero-order chi connectivity index (χ0) is 6.53. The van der Waals surface area contributed by atoms with Crippen molar-refractivity contribution in [2.75, 3.05) is 6.61 Å². The fraction of sp³-hybridized carbons (Fsp3) is 0.571. The normalized spacial score (nSPS) is 17.7. The summed E-state index contributed by atoms with van der Waals surface area (Å²) in [6.07, 6.45) is 9.23. The first-order valence-electron chi connectivity index (χ1n) is 3.02. The summed E-state index contributed by atoms with van der Waals surface area (Å²) in [6.45, 7) is 0.281. The van der Waals surface area contributed by atoms with Crippen molar-refractivity contribution in [1.29, 1.82) is 0 Å². The Hall–Kier alpha value is -0.970. The highest BCUT2D eigenvalue weighted by atomic mass is 16.6. The van der Waals surface area contributed by atoms with E-state index >= 15 is 0 Å². The molecule has 1 aliphatic rings. The molecule has 0 aliphatic heterocycles. The van der Waals surface area contributed by atoms with Crippen LogP contribution in [0.2, 0.25) is 0 Å². The summed E-state index contributed by atoms with van der Waals surface area (Å²) in [5.74, 6) is 3.00. The Morgan fingerprint density at radius 2 is 2.56 bits per heavy atom. The summed E-state index contributed by atoms with van der Waals surface area (Å²) in [5.41, 5.74) is 0. The molecule has 2 heteroatoms. The molecule has 0 radical (unpaired) electrons. The van der Waals surface area contributed by atoms with E-state index in [2.05, 4.69) is 15.9 Å². The molecule has 1 rings (SSSR count). The Balaban J connectivity index is 1.96. The summed E-state index contributed by atoms with van der Waals surface area (Å²) < 4.78 is 0. The van der Waals surface area contributed by atoms with Gasteiger partial charge in [0.15, 0.2) is 6.61 Å². The van der Waals surface area contributed by atoms with Gasteiger partial charge in [0, 0.05) is 6.21 Å². The predicted octanol–water partition coefficient (Wildman–Crippen LogP) is 1.03. The van der Waals surface area contributed by atoms with Gasteiger partial charge in [-0.2, -0.15) is 0 Å². The Morgan fingerprint density at radius 3 is 3.11 bits per heavy atom. The van der Waals surface area contributed by atoms with Crippen LogP contribution in [0.25, 0.3) is 0 Å². The number of hydrogen-bond donors (Lipinski definition) is 0. The van der Waals surface area contributed by atoms with Crippen LogP contribution < -0.4 is 0 Å². The van der Waals surface area contributed by atoms with Crippen LogP contribution in [0.4, 0.5) is 0 Å². The molecule has 0 amide bonds. The third kappa shape index (κ3) is 2.76. The molecule has 48 valence electrons. The Labute approximate surface area is 54.9 Å². The van der Waals surface area contributed by atoms with Gasteiger partial charge in [-0.1, -0.05) is 11.1 Å². The molecule has 1 saturated carbocycles. The summed E-state index contributed by atoms with van der Waals surface area (Å²) >= 11 is 0. The fourth-order valence-electron chi connectivity index (χ4n) is 0.449. The van der Waals surface area contributed by atoms with Gasteiger partial charge < -0.3 is 4.84 Å². The average molecular weight is 123 g/mol. The number of hydrogen-bond acceptors (Lipinski definition) is 2. The minimum atomic E-state index is 0.281. The van der Waals surface area contributed by atoms with Crippen LogP contribution in [0.5, 0.6) is 0 Å². The number of nitrogens with zero attached hydrogens (tertiary/aromatic N) is 1. The average Bonchev–Trinajstić information content (AvgIpc) is 2.63. The highest BCUT2D eigenvalue weighted by Gasteiger charge is 2.18. The van der Waals surface area contributed by atoms with E-state index in [1.165, 1.54) is 12.8 Å². The minimum Gasteiger partial charge on any atom is -0.383 e. The van der Waals surface area contributed by atoms with Crippen molar-refractivity contribution < 1.29 is 4.84 Å². The van der Waals surface area contributed by atoms with Gasteiger partial charge in [-0.25, -0.2) is 0 Å². The van der Waals surface area contributed by atoms with E-state index in [-0.39, 0.29) is 6.61 Å². The van der Waals surface area contributed by atoms with Crippen LogP contribution in [0.1, 0.15) is 12.8 Å². The molecule has 0 aromatic heterocycles. The van der Waals surface area contributed by atoms with E-state index in [4.69, 9.17) is 6.42 Å². The lowest BCUT2D eigenvalue weighted by Crippen LogP contribution is -1.83. The SMILES string of the molecule is C#CCON=CC1CC1. The highest BCUT2D eigenvalue weighted by Crippen LogP contribution is 2.26. The highest BCUT2D eigenvalue weighted by molar-refractivity contribution is 5.62. The minimum absolute atomic E-state index is 0.281. The molecule has 9 heavy (non-hydrogen) atoms. The van der Waals surface area contributed by atoms with Gasteiger partial charge in [0.05, 0.1) is 0 Å². The number of terminal acetylenes is 1. The van der Waals surface area contributed by atoms with Gasteiger partial charge in [-0.05, 0) is 18.8 Å². The molecule has 0 aromatic carbocycles. The van der Waals surface area contributed by atoms with Crippen molar-refractivity contribution in [3.05, 3.63) is 0 Å². The van der Waals surface area contributed by atoms with E-state index in [1.807, 2.05) is 6.21 Å². The van der Waals surface area contributed by atoms with E-state index in [9.17, 15) is 0 Å². The first kappa shape index (κ1) is 6.15. The third-order valence-electron chi connectivity index (χ3n) is 1.12. The van der Waals surface area contributed by atoms with Crippen molar-refractivity contribution in [2.45, 2.75) is 12.8 Å². The molecule has 2 nitrogen and oxygen atoms in total. The van der Waals surface area contributed by atoms with Crippen LogP contribution in [-0.2, 0) is 4.84 Å². The maximum absolute atomic E-state index is 4.91. The standard InChI is InChI=1S/C7H9NO/c1-2-5-9-8-6-7-3-4-7/h1,6-7H,3-5H2. The number of oxime groups is 1. The van der Waals surface area contributed by atoms with E-state index in [0.717, 1.165) is 0 Å². The van der Waals surface area contributed by atoms with Crippen LogP contribution in [0.15, 0.2) is 5.16 Å². The van der Waals surface area contributed by atoms with E-state index < -0.39 is 0 Å². The van der Waals surface area contributed by atoms with Gasteiger partial charge >= 0.3 is 0 Å². The summed E-state index contributed by atoms with van der Waals surface area (Å²) in [4.78, 5) is 4.67. The first-order chi connectivity index (χ1) is 4.43. The quantitative estimate of drug-likeness (QED) is 0.238. The van der Waals surface area contributed by atoms with Crippen molar-refractivity contribution in [1.82, 2.24) is 0 Å². The monoisotopic (exact) mass is 123 g/mol. The zero-order valence-electron chi connectivity index (χ0n) is 5.21. The summed E-state index contributed by atoms with van der Waals surface area (Å²) in [5, 5.41) is 3.66. The number of rotatable bonds is 3. The second-order valence-corrected chi connectivity index (χ2v) is 2.07. The van der Waals surface area contributed by atoms with Gasteiger partial charge in [0.2, 0.25) is 0 Å². The van der Waals surface area contributed by atoms with Gasteiger partial charge in [-0.3, -0.25) is 0 Å². The third-order valence-corrected chi connectivity index (χ3v) is 1.12. The van der Waals surface area contributed by atoms with Crippen molar-refractivity contribution in [3.63, 3.8) is 0 Å². The lowest BCUT2D eigenvalue weighted by molar-refractivity contribution is 0.180. The molecule has 1 fully saturated rings. The van der Waals surface area contributed by atoms with Crippen LogP contribution >= 0.6 is 0 Å². The molecule has 0 unspecified atom stereocenters. The Kier molecular flexibility index (Phi) is 2.14. The molecule has 0 bridgehead atoms. The van der Waals surface area contributed by atoms with Crippen LogP contribution in [0.3, 0.4) is 0 Å². The summed E-state index contributed by atoms with van der Waals surface area (Å²) in [6, 6.07) is 0. The molecule has 0 saturated heterocycles. The van der Waals surface area contributed by atoms with E-state index in [0.29, 0.717) is 5.92 Å². The predicted molar refractivity (Wildman–Crippen MR) is 36.0 cm³/mol. The van der Waals surface area contributed by atoms with Crippen molar-refractivity contribution >= 4 is 6.21 Å². The van der Waals surface area contributed by atoms with E-state index in [1.54, 1.807) is 0 Å². The maximum Gasteiger partial charge on any atom is 0.177 e. The van der Waals surface area contributed by atoms with Gasteiger partial charge in [0.1, 0.15) is 0 Å². The lowest BCUT2D eigenvalue weighted by atomic mass is 10.5. The molecule has 1 aliphatic carbocycles. The lowest BCUT2D eigenvalue weighted by Gasteiger charge is -1.86. The van der Waals surface area contributed by atoms with Crippen LogP contribution in [0, 0.1) is 18.3 Å². The van der Waals surface area contributed by atoms with Crippen LogP contribution in [-0.4, -0.2) is 12.8 Å². The topological polar surface area (TPSA) is 21.6 Å². The molecular weight excluding hydrogens is 114 g/mol. The summed E-state index contributed by atoms with van der Waals surface area (Å²) in [7, 11) is 0. The molecule has 0 N–H and O–H groups in total. The smallest absolute Gasteiger partial charge is 0.177 e.